The van der Waals surface area contributed by atoms with Crippen molar-refractivity contribution in [2.45, 2.75) is 20.3 Å². The van der Waals surface area contributed by atoms with Crippen molar-refractivity contribution >= 4 is 35.3 Å². The van der Waals surface area contributed by atoms with E-state index >= 15 is 0 Å². The molecule has 1 heterocycles. The van der Waals surface area contributed by atoms with Gasteiger partial charge in [0.25, 0.3) is 5.91 Å². The topological polar surface area (TPSA) is 67.9 Å². The zero-order valence-corrected chi connectivity index (χ0v) is 14.5. The first-order valence-electron chi connectivity index (χ1n) is 7.78. The van der Waals surface area contributed by atoms with E-state index in [1.54, 1.807) is 42.2 Å². The minimum Gasteiger partial charge on any atom is -0.482 e. The lowest BCUT2D eigenvalue weighted by atomic mass is 10.2. The molecule has 0 radical (unpaired) electrons. The molecule has 1 aromatic rings. The highest BCUT2D eigenvalue weighted by molar-refractivity contribution is 7.80. The Hall–Kier alpha value is -2.41. The second-order valence-corrected chi connectivity index (χ2v) is 5.49. The Morgan fingerprint density at radius 1 is 1.29 bits per heavy atom. The fourth-order valence-electron chi connectivity index (χ4n) is 2.17. The predicted octanol–water partition coefficient (Wildman–Crippen LogP) is 2.10. The molecule has 1 aliphatic rings. The maximum Gasteiger partial charge on any atom is 0.344 e. The van der Waals surface area contributed by atoms with Gasteiger partial charge in [0.15, 0.2) is 11.7 Å². The molecule has 128 valence electrons. The monoisotopic (exact) mass is 348 g/mol. The third kappa shape index (κ3) is 4.55. The molecule has 0 aromatic heterocycles. The minimum absolute atomic E-state index is 0.121. The van der Waals surface area contributed by atoms with Gasteiger partial charge < -0.3 is 14.8 Å². The van der Waals surface area contributed by atoms with Gasteiger partial charge in [-0.2, -0.15) is 0 Å². The number of thiocarbonyl (C=S) groups is 1. The molecular formula is C17H20N2O4S. The fourth-order valence-corrected chi connectivity index (χ4v) is 2.45. The van der Waals surface area contributed by atoms with Crippen LogP contribution in [0.2, 0.25) is 0 Å². The quantitative estimate of drug-likeness (QED) is 0.462. The fraction of sp³-hybridized carbons (Fsp3) is 0.353. The number of hydrogen-bond donors (Lipinski definition) is 1. The van der Waals surface area contributed by atoms with Crippen molar-refractivity contribution in [3.8, 4) is 5.75 Å². The average molecular weight is 348 g/mol. The summed E-state index contributed by atoms with van der Waals surface area (Å²) in [6.45, 7) is 4.53. The van der Waals surface area contributed by atoms with Gasteiger partial charge in [0.1, 0.15) is 11.4 Å². The summed E-state index contributed by atoms with van der Waals surface area (Å²) in [6.07, 6.45) is 2.58. The molecule has 2 rings (SSSR count). The summed E-state index contributed by atoms with van der Waals surface area (Å²) in [5.41, 5.74) is 1.28. The summed E-state index contributed by atoms with van der Waals surface area (Å²) in [5, 5.41) is 3.37. The molecule has 0 bridgehead atoms. The Morgan fingerprint density at radius 3 is 2.62 bits per heavy atom. The number of amides is 1. The van der Waals surface area contributed by atoms with Gasteiger partial charge in [0.2, 0.25) is 0 Å². The van der Waals surface area contributed by atoms with Crippen LogP contribution >= 0.6 is 12.2 Å². The number of esters is 1. The average Bonchev–Trinajstić information content (AvgIpc) is 2.82. The third-order valence-corrected chi connectivity index (χ3v) is 3.59. The maximum atomic E-state index is 12.2. The van der Waals surface area contributed by atoms with E-state index in [1.165, 1.54) is 0 Å². The van der Waals surface area contributed by atoms with Crippen molar-refractivity contribution in [1.29, 1.82) is 0 Å². The second-order valence-electron chi connectivity index (χ2n) is 5.11. The van der Waals surface area contributed by atoms with E-state index in [-0.39, 0.29) is 12.5 Å². The van der Waals surface area contributed by atoms with Crippen molar-refractivity contribution in [2.24, 2.45) is 0 Å². The van der Waals surface area contributed by atoms with Crippen molar-refractivity contribution < 1.29 is 19.1 Å². The van der Waals surface area contributed by atoms with E-state index in [9.17, 15) is 9.59 Å². The van der Waals surface area contributed by atoms with Crippen LogP contribution in [-0.4, -0.2) is 41.6 Å². The van der Waals surface area contributed by atoms with Crippen molar-refractivity contribution in [3.63, 3.8) is 0 Å². The second kappa shape index (κ2) is 8.44. The zero-order valence-electron chi connectivity index (χ0n) is 13.7. The van der Waals surface area contributed by atoms with Gasteiger partial charge in [0.05, 0.1) is 6.61 Å². The number of carbonyl (C=O) groups excluding carboxylic acids is 2. The number of hydrogen-bond acceptors (Lipinski definition) is 5. The van der Waals surface area contributed by atoms with Crippen LogP contribution in [0.4, 0.5) is 0 Å². The van der Waals surface area contributed by atoms with Crippen LogP contribution in [-0.2, 0) is 14.3 Å². The summed E-state index contributed by atoms with van der Waals surface area (Å²) in [5.74, 6) is 0.0255. The molecule has 0 saturated carbocycles. The number of carbonyl (C=O) groups is 2. The van der Waals surface area contributed by atoms with Crippen LogP contribution in [0, 0.1) is 0 Å². The molecule has 0 aliphatic carbocycles. The van der Waals surface area contributed by atoms with Crippen molar-refractivity contribution in [1.82, 2.24) is 10.2 Å². The molecule has 6 nitrogen and oxygen atoms in total. The van der Waals surface area contributed by atoms with Crippen molar-refractivity contribution in [3.05, 3.63) is 35.5 Å². The number of ether oxygens (including phenoxy) is 2. The van der Waals surface area contributed by atoms with Crippen LogP contribution in [0.3, 0.4) is 0 Å². The Kier molecular flexibility index (Phi) is 6.31. The van der Waals surface area contributed by atoms with Crippen LogP contribution in [0.1, 0.15) is 25.8 Å². The highest BCUT2D eigenvalue weighted by atomic mass is 32.1. The first-order valence-corrected chi connectivity index (χ1v) is 8.19. The maximum absolute atomic E-state index is 12.2. The number of rotatable bonds is 7. The largest absolute Gasteiger partial charge is 0.482 e. The van der Waals surface area contributed by atoms with Crippen LogP contribution in [0.5, 0.6) is 5.75 Å². The molecule has 1 saturated heterocycles. The Bertz CT molecular complexity index is 655. The first kappa shape index (κ1) is 17.9. The van der Waals surface area contributed by atoms with E-state index in [0.29, 0.717) is 29.7 Å². The normalized spacial score (nSPS) is 15.6. The first-order chi connectivity index (χ1) is 11.5. The van der Waals surface area contributed by atoms with Gasteiger partial charge in [-0.3, -0.25) is 9.69 Å². The minimum atomic E-state index is -0.408. The van der Waals surface area contributed by atoms with Gasteiger partial charge in [-0.1, -0.05) is 19.1 Å². The number of benzene rings is 1. The van der Waals surface area contributed by atoms with E-state index < -0.39 is 5.97 Å². The highest BCUT2D eigenvalue weighted by Gasteiger charge is 2.29. The van der Waals surface area contributed by atoms with E-state index in [2.05, 4.69) is 5.32 Å². The Labute approximate surface area is 146 Å². The number of nitrogens with one attached hydrogen (secondary N) is 1. The van der Waals surface area contributed by atoms with E-state index in [0.717, 1.165) is 12.0 Å². The molecule has 7 heteroatoms. The lowest BCUT2D eigenvalue weighted by Crippen LogP contribution is -2.31. The highest BCUT2D eigenvalue weighted by Crippen LogP contribution is 2.17. The summed E-state index contributed by atoms with van der Waals surface area (Å²) in [7, 11) is 0. The third-order valence-electron chi connectivity index (χ3n) is 3.26. The molecule has 1 N–H and O–H groups in total. The zero-order chi connectivity index (χ0) is 17.5. The molecule has 1 aliphatic heterocycles. The number of nitrogens with zero attached hydrogens (tertiary/aromatic N) is 1. The molecular weight excluding hydrogens is 328 g/mol. The Morgan fingerprint density at radius 2 is 2.00 bits per heavy atom. The summed E-state index contributed by atoms with van der Waals surface area (Å²) >= 11 is 5.17. The molecule has 1 aromatic carbocycles. The molecule has 1 amide bonds. The van der Waals surface area contributed by atoms with Gasteiger partial charge in [-0.05, 0) is 49.3 Å². The smallest absolute Gasteiger partial charge is 0.344 e. The lowest BCUT2D eigenvalue weighted by Gasteiger charge is -2.11. The molecule has 0 atom stereocenters. The van der Waals surface area contributed by atoms with Crippen LogP contribution < -0.4 is 10.1 Å². The van der Waals surface area contributed by atoms with Gasteiger partial charge >= 0.3 is 5.97 Å². The molecule has 0 spiro atoms. The molecule has 0 unspecified atom stereocenters. The standard InChI is InChI=1S/C17H20N2O4S/c1-3-9-19-16(21)14(18-17(19)24)10-12-5-7-13(8-6-12)23-11-15(20)22-4-2/h5-8,10H,3-4,9,11H2,1-2H3,(H,18,24)/b14-10-. The lowest BCUT2D eigenvalue weighted by molar-refractivity contribution is -0.145. The Balaban J connectivity index is 2.00. The van der Waals surface area contributed by atoms with Crippen LogP contribution in [0.25, 0.3) is 6.08 Å². The molecule has 1 fully saturated rings. The van der Waals surface area contributed by atoms with Crippen LogP contribution in [0.15, 0.2) is 30.0 Å². The summed E-state index contributed by atoms with van der Waals surface area (Å²) in [6, 6.07) is 7.06. The van der Waals surface area contributed by atoms with Gasteiger partial charge in [-0.15, -0.1) is 0 Å². The van der Waals surface area contributed by atoms with Gasteiger partial charge in [0, 0.05) is 6.54 Å². The summed E-state index contributed by atoms with van der Waals surface area (Å²) < 4.78 is 10.1. The van der Waals surface area contributed by atoms with Crippen molar-refractivity contribution in [2.75, 3.05) is 19.8 Å². The predicted molar refractivity (Wildman–Crippen MR) is 94.3 cm³/mol. The van der Waals surface area contributed by atoms with E-state index in [4.69, 9.17) is 21.7 Å². The van der Waals surface area contributed by atoms with E-state index in [1.807, 2.05) is 6.92 Å². The van der Waals surface area contributed by atoms with Gasteiger partial charge in [-0.25, -0.2) is 4.79 Å². The molecule has 24 heavy (non-hydrogen) atoms. The summed E-state index contributed by atoms with van der Waals surface area (Å²) in [4.78, 5) is 25.0. The SMILES string of the molecule is CCCN1C(=O)/C(=C/c2ccc(OCC(=O)OCC)cc2)NC1=S.